The number of halogens is 1. The highest BCUT2D eigenvalue weighted by atomic mass is 19.1. The summed E-state index contributed by atoms with van der Waals surface area (Å²) >= 11 is 0. The van der Waals surface area contributed by atoms with E-state index in [9.17, 15) is 19.3 Å². The molecular weight excluding hydrogens is 371 g/mol. The molecule has 0 bridgehead atoms. The van der Waals surface area contributed by atoms with E-state index in [4.69, 9.17) is 9.26 Å². The van der Waals surface area contributed by atoms with Crippen molar-refractivity contribution >= 4 is 17.3 Å². The predicted octanol–water partition coefficient (Wildman–Crippen LogP) is 2.24. The maximum absolute atomic E-state index is 13.9. The van der Waals surface area contributed by atoms with Crippen LogP contribution in [-0.2, 0) is 11.2 Å². The first-order chi connectivity index (χ1) is 13.3. The number of aromatic nitrogens is 1. The van der Waals surface area contributed by atoms with E-state index >= 15 is 0 Å². The van der Waals surface area contributed by atoms with Crippen LogP contribution >= 0.6 is 0 Å². The fourth-order valence-electron chi connectivity index (χ4n) is 3.30. The van der Waals surface area contributed by atoms with E-state index < -0.39 is 10.7 Å². The molecular formula is C18H21FN4O5. The fourth-order valence-corrected chi connectivity index (χ4v) is 3.30. The van der Waals surface area contributed by atoms with Gasteiger partial charge in [0.05, 0.1) is 30.2 Å². The summed E-state index contributed by atoms with van der Waals surface area (Å²) in [4.78, 5) is 26.8. The Morgan fingerprint density at radius 2 is 2.00 bits per heavy atom. The highest BCUT2D eigenvalue weighted by Gasteiger charge is 2.28. The van der Waals surface area contributed by atoms with E-state index in [0.717, 1.165) is 11.6 Å². The zero-order valence-electron chi connectivity index (χ0n) is 15.9. The molecule has 9 nitrogen and oxygen atoms in total. The van der Waals surface area contributed by atoms with Crippen LogP contribution in [0.4, 0.5) is 15.8 Å². The summed E-state index contributed by atoms with van der Waals surface area (Å²) in [6.45, 7) is 5.14. The number of nitro groups is 1. The van der Waals surface area contributed by atoms with Crippen LogP contribution in [0.1, 0.15) is 17.0 Å². The normalized spacial score (nSPS) is 14.3. The van der Waals surface area contributed by atoms with Crippen molar-refractivity contribution in [3.05, 3.63) is 45.1 Å². The van der Waals surface area contributed by atoms with Crippen molar-refractivity contribution < 1.29 is 23.4 Å². The topological polar surface area (TPSA) is 102 Å². The standard InChI is InChI=1S/C18H21FN4O5/c1-11-13(12(2)28-20-11)8-18(24)22-6-4-21(5-7-22)15-10-17(27-3)14(19)9-16(15)23(25)26/h9-10H,4-8H2,1-3H3. The number of methoxy groups -OCH3 is 1. The molecule has 1 aliphatic heterocycles. The van der Waals surface area contributed by atoms with Crippen LogP contribution in [0.15, 0.2) is 16.7 Å². The van der Waals surface area contributed by atoms with Crippen molar-refractivity contribution in [3.8, 4) is 5.75 Å². The lowest BCUT2D eigenvalue weighted by Gasteiger charge is -2.36. The lowest BCUT2D eigenvalue weighted by Crippen LogP contribution is -2.49. The maximum atomic E-state index is 13.9. The van der Waals surface area contributed by atoms with Crippen molar-refractivity contribution in [3.63, 3.8) is 0 Å². The molecule has 1 aliphatic rings. The number of aryl methyl sites for hydroxylation is 2. The van der Waals surface area contributed by atoms with Gasteiger partial charge in [-0.05, 0) is 13.8 Å². The van der Waals surface area contributed by atoms with Gasteiger partial charge in [0.1, 0.15) is 11.4 Å². The fraction of sp³-hybridized carbons (Fsp3) is 0.444. The van der Waals surface area contributed by atoms with E-state index in [1.807, 2.05) is 0 Å². The number of rotatable bonds is 5. The molecule has 3 rings (SSSR count). The number of anilines is 1. The zero-order valence-corrected chi connectivity index (χ0v) is 15.9. The first-order valence-electron chi connectivity index (χ1n) is 8.78. The molecule has 2 heterocycles. The van der Waals surface area contributed by atoms with Gasteiger partial charge >= 0.3 is 0 Å². The Morgan fingerprint density at radius 1 is 1.32 bits per heavy atom. The first kappa shape index (κ1) is 19.6. The number of carbonyl (C=O) groups is 1. The Morgan fingerprint density at radius 3 is 2.54 bits per heavy atom. The summed E-state index contributed by atoms with van der Waals surface area (Å²) < 4.78 is 23.9. The Balaban J connectivity index is 1.72. The molecule has 150 valence electrons. The van der Waals surface area contributed by atoms with E-state index in [0.29, 0.717) is 37.6 Å². The molecule has 0 atom stereocenters. The summed E-state index contributed by atoms with van der Waals surface area (Å²) in [5, 5.41) is 15.2. The molecule has 0 unspecified atom stereocenters. The average molecular weight is 392 g/mol. The average Bonchev–Trinajstić information content (AvgIpc) is 2.99. The quantitative estimate of drug-likeness (QED) is 0.568. The van der Waals surface area contributed by atoms with Gasteiger partial charge in [-0.1, -0.05) is 5.16 Å². The Kier molecular flexibility index (Phi) is 5.48. The van der Waals surface area contributed by atoms with Gasteiger partial charge in [-0.15, -0.1) is 0 Å². The molecule has 28 heavy (non-hydrogen) atoms. The van der Waals surface area contributed by atoms with Crippen LogP contribution in [0.2, 0.25) is 0 Å². The number of ether oxygens (including phenoxy) is 1. The third kappa shape index (κ3) is 3.75. The molecule has 1 aromatic heterocycles. The van der Waals surface area contributed by atoms with Gasteiger partial charge in [-0.25, -0.2) is 4.39 Å². The molecule has 0 radical (unpaired) electrons. The summed E-state index contributed by atoms with van der Waals surface area (Å²) in [7, 11) is 1.30. The second kappa shape index (κ2) is 7.83. The summed E-state index contributed by atoms with van der Waals surface area (Å²) in [5.74, 6) is -0.275. The second-order valence-electron chi connectivity index (χ2n) is 6.58. The molecule has 1 fully saturated rings. The molecule has 10 heteroatoms. The van der Waals surface area contributed by atoms with Gasteiger partial charge in [-0.2, -0.15) is 0 Å². The van der Waals surface area contributed by atoms with Crippen molar-refractivity contribution in [1.82, 2.24) is 10.1 Å². The van der Waals surface area contributed by atoms with Crippen molar-refractivity contribution in [1.29, 1.82) is 0 Å². The molecule has 0 N–H and O–H groups in total. The Bertz CT molecular complexity index is 886. The Hall–Kier alpha value is -3.17. The van der Waals surface area contributed by atoms with E-state index in [1.165, 1.54) is 13.2 Å². The monoisotopic (exact) mass is 392 g/mol. The minimum absolute atomic E-state index is 0.0553. The number of amides is 1. The minimum atomic E-state index is -0.786. The summed E-state index contributed by atoms with van der Waals surface area (Å²) in [6, 6.07) is 2.19. The van der Waals surface area contributed by atoms with Crippen molar-refractivity contribution in [2.45, 2.75) is 20.3 Å². The van der Waals surface area contributed by atoms with Gasteiger partial charge in [0.2, 0.25) is 5.91 Å². The van der Waals surface area contributed by atoms with Gasteiger partial charge in [-0.3, -0.25) is 14.9 Å². The first-order valence-corrected chi connectivity index (χ1v) is 8.78. The lowest BCUT2D eigenvalue weighted by molar-refractivity contribution is -0.384. The Labute approximate surface area is 160 Å². The number of piperazine rings is 1. The third-order valence-electron chi connectivity index (χ3n) is 4.93. The van der Waals surface area contributed by atoms with Crippen LogP contribution in [-0.4, -0.2) is 54.2 Å². The smallest absolute Gasteiger partial charge is 0.295 e. The van der Waals surface area contributed by atoms with Gasteiger partial charge in [0.15, 0.2) is 11.6 Å². The number of nitrogens with zero attached hydrogens (tertiary/aromatic N) is 4. The van der Waals surface area contributed by atoms with Gasteiger partial charge in [0, 0.05) is 37.8 Å². The van der Waals surface area contributed by atoms with E-state index in [1.54, 1.807) is 23.6 Å². The maximum Gasteiger partial charge on any atom is 0.295 e. The largest absolute Gasteiger partial charge is 0.494 e. The SMILES string of the molecule is COc1cc(N2CCN(C(=O)Cc3c(C)noc3C)CC2)c([N+](=O)[O-])cc1F. The summed E-state index contributed by atoms with van der Waals surface area (Å²) in [5.41, 5.74) is 1.43. The lowest BCUT2D eigenvalue weighted by atomic mass is 10.1. The molecule has 1 aromatic carbocycles. The van der Waals surface area contributed by atoms with Crippen LogP contribution in [0.3, 0.4) is 0 Å². The summed E-state index contributed by atoms with van der Waals surface area (Å²) in [6.07, 6.45) is 0.200. The number of nitro benzene ring substituents is 1. The predicted molar refractivity (Wildman–Crippen MR) is 98.1 cm³/mol. The van der Waals surface area contributed by atoms with Crippen LogP contribution in [0.5, 0.6) is 5.75 Å². The molecule has 2 aromatic rings. The van der Waals surface area contributed by atoms with Crippen LogP contribution < -0.4 is 9.64 Å². The number of hydrogen-bond donors (Lipinski definition) is 0. The van der Waals surface area contributed by atoms with Gasteiger partial charge < -0.3 is 19.1 Å². The second-order valence-corrected chi connectivity index (χ2v) is 6.58. The molecule has 1 amide bonds. The highest BCUT2D eigenvalue weighted by Crippen LogP contribution is 2.35. The zero-order chi connectivity index (χ0) is 20.4. The minimum Gasteiger partial charge on any atom is -0.494 e. The molecule has 0 saturated carbocycles. The van der Waals surface area contributed by atoms with E-state index in [-0.39, 0.29) is 29.5 Å². The van der Waals surface area contributed by atoms with Crippen molar-refractivity contribution in [2.75, 3.05) is 38.2 Å². The molecule has 0 spiro atoms. The third-order valence-corrected chi connectivity index (χ3v) is 4.93. The molecule has 0 aliphatic carbocycles. The molecule has 1 saturated heterocycles. The van der Waals surface area contributed by atoms with Gasteiger partial charge in [0.25, 0.3) is 5.69 Å². The van der Waals surface area contributed by atoms with Crippen LogP contribution in [0, 0.1) is 29.8 Å². The number of benzene rings is 1. The number of carbonyl (C=O) groups excluding carboxylic acids is 1. The highest BCUT2D eigenvalue weighted by molar-refractivity contribution is 5.79. The van der Waals surface area contributed by atoms with E-state index in [2.05, 4.69) is 5.16 Å². The van der Waals surface area contributed by atoms with Crippen LogP contribution in [0.25, 0.3) is 0 Å². The van der Waals surface area contributed by atoms with Crippen molar-refractivity contribution in [2.24, 2.45) is 0 Å². The number of hydrogen-bond acceptors (Lipinski definition) is 7.